The van der Waals surface area contributed by atoms with Crippen LogP contribution in [0.15, 0.2) is 36.7 Å². The van der Waals surface area contributed by atoms with Crippen molar-refractivity contribution < 1.29 is 14.3 Å². The molecular formula is C21H27N3O3. The molecule has 2 amide bonds. The zero-order valence-electron chi connectivity index (χ0n) is 16.3. The number of hydrogen-bond donors (Lipinski definition) is 0. The minimum absolute atomic E-state index is 0.0326. The third kappa shape index (κ3) is 4.51. The minimum atomic E-state index is 0.0326. The lowest BCUT2D eigenvalue weighted by Gasteiger charge is -2.22. The van der Waals surface area contributed by atoms with Crippen LogP contribution in [0.5, 0.6) is 5.75 Å². The number of methoxy groups -OCH3 is 1. The van der Waals surface area contributed by atoms with Crippen LogP contribution in [-0.2, 0) is 18.3 Å². The molecule has 0 saturated carbocycles. The molecule has 1 saturated heterocycles. The Morgan fingerprint density at radius 2 is 1.81 bits per heavy atom. The molecule has 27 heavy (non-hydrogen) atoms. The first-order valence-corrected chi connectivity index (χ1v) is 9.30. The van der Waals surface area contributed by atoms with Crippen molar-refractivity contribution in [2.24, 2.45) is 7.05 Å². The molecule has 144 valence electrons. The second-order valence-corrected chi connectivity index (χ2v) is 7.08. The highest BCUT2D eigenvalue weighted by Crippen LogP contribution is 2.21. The smallest absolute Gasteiger partial charge is 0.255 e. The Balaban J connectivity index is 1.63. The van der Waals surface area contributed by atoms with Crippen LogP contribution in [0, 0.1) is 6.92 Å². The maximum Gasteiger partial charge on any atom is 0.255 e. The first-order valence-electron chi connectivity index (χ1n) is 9.30. The van der Waals surface area contributed by atoms with Crippen molar-refractivity contribution in [2.75, 3.05) is 33.3 Å². The Labute approximate surface area is 160 Å². The predicted molar refractivity (Wildman–Crippen MR) is 104 cm³/mol. The van der Waals surface area contributed by atoms with Gasteiger partial charge in [0.25, 0.3) is 5.91 Å². The van der Waals surface area contributed by atoms with Crippen LogP contribution in [0.25, 0.3) is 0 Å². The number of benzene rings is 1. The summed E-state index contributed by atoms with van der Waals surface area (Å²) < 4.78 is 7.26. The lowest BCUT2D eigenvalue weighted by atomic mass is 10.1. The van der Waals surface area contributed by atoms with Gasteiger partial charge in [-0.1, -0.05) is 17.7 Å². The summed E-state index contributed by atoms with van der Waals surface area (Å²) in [5, 5.41) is 0. The molecule has 0 aliphatic carbocycles. The van der Waals surface area contributed by atoms with Gasteiger partial charge in [0.05, 0.1) is 19.1 Å². The van der Waals surface area contributed by atoms with E-state index in [1.54, 1.807) is 7.11 Å². The molecule has 1 fully saturated rings. The molecule has 1 aliphatic heterocycles. The summed E-state index contributed by atoms with van der Waals surface area (Å²) in [6.07, 6.45) is 4.81. The number of carbonyl (C=O) groups is 2. The Morgan fingerprint density at radius 1 is 1.07 bits per heavy atom. The largest absolute Gasteiger partial charge is 0.496 e. The van der Waals surface area contributed by atoms with E-state index in [2.05, 4.69) is 0 Å². The Kier molecular flexibility index (Phi) is 5.84. The molecule has 0 radical (unpaired) electrons. The fraction of sp³-hybridized carbons (Fsp3) is 0.429. The van der Waals surface area contributed by atoms with E-state index in [0.29, 0.717) is 38.2 Å². The van der Waals surface area contributed by atoms with Crippen LogP contribution < -0.4 is 4.74 Å². The molecule has 0 spiro atoms. The number of hydrogen-bond acceptors (Lipinski definition) is 3. The number of carbonyl (C=O) groups excluding carboxylic acids is 2. The van der Waals surface area contributed by atoms with Crippen LogP contribution in [0.3, 0.4) is 0 Å². The summed E-state index contributed by atoms with van der Waals surface area (Å²) in [6.45, 7) is 4.47. The van der Waals surface area contributed by atoms with Crippen molar-refractivity contribution in [1.82, 2.24) is 14.4 Å². The van der Waals surface area contributed by atoms with Crippen molar-refractivity contribution in [1.29, 1.82) is 0 Å². The summed E-state index contributed by atoms with van der Waals surface area (Å²) in [6, 6.07) is 7.71. The van der Waals surface area contributed by atoms with E-state index in [0.717, 1.165) is 23.3 Å². The van der Waals surface area contributed by atoms with Crippen LogP contribution in [0.4, 0.5) is 0 Å². The zero-order chi connectivity index (χ0) is 19.4. The third-order valence-corrected chi connectivity index (χ3v) is 4.99. The fourth-order valence-electron chi connectivity index (χ4n) is 3.50. The highest BCUT2D eigenvalue weighted by molar-refractivity contribution is 5.94. The lowest BCUT2D eigenvalue weighted by Crippen LogP contribution is -2.38. The molecule has 2 heterocycles. The summed E-state index contributed by atoms with van der Waals surface area (Å²) in [7, 11) is 3.52. The molecule has 1 aromatic heterocycles. The van der Waals surface area contributed by atoms with Gasteiger partial charge >= 0.3 is 0 Å². The van der Waals surface area contributed by atoms with Crippen molar-refractivity contribution >= 4 is 11.8 Å². The van der Waals surface area contributed by atoms with E-state index >= 15 is 0 Å². The standard InChI is InChI=1S/C21H27N3O3/c1-16-5-6-19(27-3)18(13-16)14-20(25)23-8-4-9-24(12-11-23)21(26)17-7-10-22(2)15-17/h5-7,10,13,15H,4,8-9,11-12,14H2,1-3H3. The van der Waals surface area contributed by atoms with E-state index in [9.17, 15) is 9.59 Å². The third-order valence-electron chi connectivity index (χ3n) is 4.99. The molecule has 0 atom stereocenters. The van der Waals surface area contributed by atoms with Gasteiger partial charge in [0, 0.05) is 51.2 Å². The SMILES string of the molecule is COc1ccc(C)cc1CC(=O)N1CCCN(C(=O)c2ccn(C)c2)CC1. The summed E-state index contributed by atoms with van der Waals surface area (Å²) in [4.78, 5) is 29.2. The molecule has 6 nitrogen and oxygen atoms in total. The summed E-state index contributed by atoms with van der Waals surface area (Å²) in [5.74, 6) is 0.850. The number of nitrogens with zero attached hydrogens (tertiary/aromatic N) is 3. The molecule has 0 bridgehead atoms. The average Bonchev–Trinajstić information content (AvgIpc) is 2.93. The van der Waals surface area contributed by atoms with Gasteiger partial charge < -0.3 is 19.1 Å². The first-order chi connectivity index (χ1) is 13.0. The second-order valence-electron chi connectivity index (χ2n) is 7.08. The van der Waals surface area contributed by atoms with Crippen LogP contribution in [0.1, 0.15) is 27.9 Å². The van der Waals surface area contributed by atoms with Gasteiger partial charge in [0.1, 0.15) is 5.75 Å². The molecule has 1 aliphatic rings. The topological polar surface area (TPSA) is 54.8 Å². The molecule has 1 aromatic carbocycles. The van der Waals surface area contributed by atoms with Crippen LogP contribution in [-0.4, -0.2) is 59.5 Å². The van der Waals surface area contributed by atoms with Gasteiger partial charge in [-0.05, 0) is 25.5 Å². The number of aromatic nitrogens is 1. The number of ether oxygens (including phenoxy) is 1. The van der Waals surface area contributed by atoms with Gasteiger partial charge in [0.2, 0.25) is 5.91 Å². The number of amides is 2. The number of rotatable bonds is 4. The summed E-state index contributed by atoms with van der Waals surface area (Å²) in [5.41, 5.74) is 2.71. The molecule has 0 unspecified atom stereocenters. The normalized spacial score (nSPS) is 14.8. The predicted octanol–water partition coefficient (Wildman–Crippen LogP) is 2.26. The highest BCUT2D eigenvalue weighted by Gasteiger charge is 2.23. The Morgan fingerprint density at radius 3 is 2.52 bits per heavy atom. The van der Waals surface area contributed by atoms with E-state index in [1.165, 1.54) is 0 Å². The lowest BCUT2D eigenvalue weighted by molar-refractivity contribution is -0.130. The van der Waals surface area contributed by atoms with Crippen molar-refractivity contribution in [2.45, 2.75) is 19.8 Å². The van der Waals surface area contributed by atoms with Gasteiger partial charge in [-0.2, -0.15) is 0 Å². The van der Waals surface area contributed by atoms with E-state index in [-0.39, 0.29) is 11.8 Å². The Hall–Kier alpha value is -2.76. The van der Waals surface area contributed by atoms with Gasteiger partial charge in [-0.25, -0.2) is 0 Å². The van der Waals surface area contributed by atoms with Crippen molar-refractivity contribution in [3.05, 3.63) is 53.3 Å². The monoisotopic (exact) mass is 369 g/mol. The first kappa shape index (κ1) is 19.0. The van der Waals surface area contributed by atoms with Crippen LogP contribution in [0.2, 0.25) is 0 Å². The van der Waals surface area contributed by atoms with Crippen molar-refractivity contribution in [3.63, 3.8) is 0 Å². The second kappa shape index (κ2) is 8.29. The van der Waals surface area contributed by atoms with Crippen molar-refractivity contribution in [3.8, 4) is 5.75 Å². The van der Waals surface area contributed by atoms with E-state index in [4.69, 9.17) is 4.74 Å². The highest BCUT2D eigenvalue weighted by atomic mass is 16.5. The maximum atomic E-state index is 12.8. The average molecular weight is 369 g/mol. The van der Waals surface area contributed by atoms with Gasteiger partial charge in [-0.15, -0.1) is 0 Å². The van der Waals surface area contributed by atoms with Gasteiger partial charge in [-0.3, -0.25) is 9.59 Å². The fourth-order valence-corrected chi connectivity index (χ4v) is 3.50. The minimum Gasteiger partial charge on any atom is -0.496 e. The molecule has 6 heteroatoms. The molecule has 2 aromatic rings. The molecular weight excluding hydrogens is 342 g/mol. The molecule has 3 rings (SSSR count). The van der Waals surface area contributed by atoms with Gasteiger partial charge in [0.15, 0.2) is 0 Å². The van der Waals surface area contributed by atoms with E-state index in [1.807, 2.05) is 65.0 Å². The molecule has 0 N–H and O–H groups in total. The summed E-state index contributed by atoms with van der Waals surface area (Å²) >= 11 is 0. The quantitative estimate of drug-likeness (QED) is 0.831. The maximum absolute atomic E-state index is 12.8. The Bertz CT molecular complexity index is 828. The number of aryl methyl sites for hydroxylation is 2. The van der Waals surface area contributed by atoms with Crippen LogP contribution >= 0.6 is 0 Å². The van der Waals surface area contributed by atoms with E-state index < -0.39 is 0 Å². The zero-order valence-corrected chi connectivity index (χ0v) is 16.3.